The maximum absolute atomic E-state index is 11.1. The molecule has 10 nitrogen and oxygen atoms in total. The SMILES string of the molecule is C[S+]([O-])N1C=Cn2c(nc(=O)n2[N+](=O)[O-])N1. The molecule has 1 aromatic rings. The Kier molecular flexibility index (Phi) is 2.32. The maximum Gasteiger partial charge on any atom is 0.429 e. The van der Waals surface area contributed by atoms with Crippen molar-refractivity contribution in [2.45, 2.75) is 0 Å². The summed E-state index contributed by atoms with van der Waals surface area (Å²) in [4.78, 5) is 25.3. The molecule has 0 amide bonds. The third-order valence-electron chi connectivity index (χ3n) is 1.78. The van der Waals surface area contributed by atoms with E-state index in [0.717, 1.165) is 9.10 Å². The molecule has 0 saturated heterocycles. The first-order chi connectivity index (χ1) is 7.50. The average Bonchev–Trinajstić information content (AvgIpc) is 2.51. The van der Waals surface area contributed by atoms with Crippen LogP contribution in [0.15, 0.2) is 11.0 Å². The fourth-order valence-electron chi connectivity index (χ4n) is 1.14. The van der Waals surface area contributed by atoms with Gasteiger partial charge in [0.15, 0.2) is 0 Å². The lowest BCUT2D eigenvalue weighted by Gasteiger charge is -2.20. The van der Waals surface area contributed by atoms with Crippen molar-refractivity contribution in [1.82, 2.24) is 18.9 Å². The molecule has 1 aliphatic heterocycles. The summed E-state index contributed by atoms with van der Waals surface area (Å²) in [6.07, 6.45) is 3.91. The molecule has 0 aromatic carbocycles. The van der Waals surface area contributed by atoms with E-state index in [-0.39, 0.29) is 10.7 Å². The fraction of sp³-hybridized carbons (Fsp3) is 0.200. The van der Waals surface area contributed by atoms with Crippen LogP contribution in [0.2, 0.25) is 0 Å². The number of nitrogens with one attached hydrogen (secondary N) is 1. The number of nitrogens with zero attached hydrogens (tertiary/aromatic N) is 5. The minimum absolute atomic E-state index is 0.0700. The smallest absolute Gasteiger partial charge is 0.429 e. The second-order valence-electron chi connectivity index (χ2n) is 2.75. The molecular formula is C5H6N6O4S. The van der Waals surface area contributed by atoms with Gasteiger partial charge in [0, 0.05) is 0 Å². The molecular weight excluding hydrogens is 240 g/mol. The Morgan fingerprint density at radius 1 is 1.56 bits per heavy atom. The highest BCUT2D eigenvalue weighted by Crippen LogP contribution is 2.12. The van der Waals surface area contributed by atoms with E-state index in [9.17, 15) is 19.5 Å². The van der Waals surface area contributed by atoms with Gasteiger partial charge in [-0.1, -0.05) is 4.68 Å². The van der Waals surface area contributed by atoms with Crippen LogP contribution in [0.1, 0.15) is 0 Å². The number of aromatic nitrogens is 3. The van der Waals surface area contributed by atoms with Crippen LogP contribution in [0.3, 0.4) is 0 Å². The number of anilines is 1. The molecule has 0 radical (unpaired) electrons. The Labute approximate surface area is 91.2 Å². The molecule has 0 aliphatic carbocycles. The largest absolute Gasteiger partial charge is 0.592 e. The van der Waals surface area contributed by atoms with Gasteiger partial charge in [-0.2, -0.15) is 0 Å². The van der Waals surface area contributed by atoms with Crippen molar-refractivity contribution in [2.24, 2.45) is 0 Å². The van der Waals surface area contributed by atoms with Crippen molar-refractivity contribution in [3.8, 4) is 0 Å². The zero-order valence-electron chi connectivity index (χ0n) is 7.93. The van der Waals surface area contributed by atoms with Gasteiger partial charge in [0.1, 0.15) is 18.7 Å². The van der Waals surface area contributed by atoms with Crippen molar-refractivity contribution in [2.75, 3.05) is 11.7 Å². The van der Waals surface area contributed by atoms with Gasteiger partial charge in [-0.3, -0.25) is 0 Å². The van der Waals surface area contributed by atoms with Crippen molar-refractivity contribution in [3.05, 3.63) is 26.8 Å². The topological polar surface area (TPSA) is 121 Å². The summed E-state index contributed by atoms with van der Waals surface area (Å²) in [5.74, 6) is -0.0700. The Balaban J connectivity index is 2.47. The lowest BCUT2D eigenvalue weighted by molar-refractivity contribution is -0.558. The van der Waals surface area contributed by atoms with Crippen molar-refractivity contribution in [3.63, 3.8) is 0 Å². The molecule has 0 bridgehead atoms. The molecule has 86 valence electrons. The molecule has 16 heavy (non-hydrogen) atoms. The number of fused-ring (bicyclic) bond motifs is 1. The first-order valence-electron chi connectivity index (χ1n) is 3.94. The van der Waals surface area contributed by atoms with Gasteiger partial charge in [0.25, 0.3) is 0 Å². The van der Waals surface area contributed by atoms with Crippen molar-refractivity contribution in [1.29, 1.82) is 0 Å². The lowest BCUT2D eigenvalue weighted by Crippen LogP contribution is -2.35. The third kappa shape index (κ3) is 1.51. The van der Waals surface area contributed by atoms with Crippen LogP contribution >= 0.6 is 0 Å². The molecule has 1 aliphatic rings. The van der Waals surface area contributed by atoms with Crippen LogP contribution in [0.25, 0.3) is 6.20 Å². The van der Waals surface area contributed by atoms with E-state index in [1.807, 2.05) is 0 Å². The van der Waals surface area contributed by atoms with Crippen LogP contribution in [-0.2, 0) is 11.4 Å². The van der Waals surface area contributed by atoms with Gasteiger partial charge >= 0.3 is 11.6 Å². The van der Waals surface area contributed by atoms with E-state index in [1.165, 1.54) is 18.7 Å². The molecule has 0 saturated carbocycles. The number of hydrazine groups is 1. The van der Waals surface area contributed by atoms with E-state index in [4.69, 9.17) is 0 Å². The highest BCUT2D eigenvalue weighted by atomic mass is 32.2. The summed E-state index contributed by atoms with van der Waals surface area (Å²) in [5.41, 5.74) is 1.46. The summed E-state index contributed by atoms with van der Waals surface area (Å²) in [5, 5.41) is 9.64. The van der Waals surface area contributed by atoms with Crippen LogP contribution in [0.4, 0.5) is 5.95 Å². The minimum atomic E-state index is -1.37. The average molecular weight is 246 g/mol. The van der Waals surface area contributed by atoms with E-state index >= 15 is 0 Å². The Morgan fingerprint density at radius 2 is 2.25 bits per heavy atom. The predicted octanol–water partition coefficient (Wildman–Crippen LogP) is -1.55. The molecule has 2 rings (SSSR count). The zero-order chi connectivity index (χ0) is 11.9. The number of rotatable bonds is 2. The van der Waals surface area contributed by atoms with Crippen molar-refractivity contribution < 1.29 is 9.59 Å². The van der Waals surface area contributed by atoms with Gasteiger partial charge in [-0.25, -0.2) is 10.2 Å². The highest BCUT2D eigenvalue weighted by Gasteiger charge is 2.28. The predicted molar refractivity (Wildman–Crippen MR) is 53.7 cm³/mol. The minimum Gasteiger partial charge on any atom is -0.592 e. The Hall–Kier alpha value is -2.01. The highest BCUT2D eigenvalue weighted by molar-refractivity contribution is 7.88. The van der Waals surface area contributed by atoms with Crippen LogP contribution < -0.4 is 11.1 Å². The number of hydrogen-bond donors (Lipinski definition) is 1. The van der Waals surface area contributed by atoms with Crippen LogP contribution in [0.5, 0.6) is 0 Å². The normalized spacial score (nSPS) is 15.5. The van der Waals surface area contributed by atoms with Gasteiger partial charge in [0.05, 0.1) is 21.2 Å². The zero-order valence-corrected chi connectivity index (χ0v) is 8.75. The summed E-state index contributed by atoms with van der Waals surface area (Å²) in [6.45, 7) is 0. The number of hydrogen-bond acceptors (Lipinski definition) is 7. The van der Waals surface area contributed by atoms with E-state index in [0.29, 0.717) is 0 Å². The second-order valence-corrected chi connectivity index (χ2v) is 3.99. The Bertz CT molecular complexity index is 517. The van der Waals surface area contributed by atoms with E-state index in [1.54, 1.807) is 0 Å². The molecule has 2 heterocycles. The summed E-state index contributed by atoms with van der Waals surface area (Å²) in [6, 6.07) is 0. The first-order valence-corrected chi connectivity index (χ1v) is 5.46. The van der Waals surface area contributed by atoms with Gasteiger partial charge in [0.2, 0.25) is 0 Å². The summed E-state index contributed by atoms with van der Waals surface area (Å²) >= 11 is -1.37. The van der Waals surface area contributed by atoms with Crippen molar-refractivity contribution >= 4 is 23.5 Å². The monoisotopic (exact) mass is 246 g/mol. The first kappa shape index (κ1) is 10.5. The molecule has 0 spiro atoms. The fourth-order valence-corrected chi connectivity index (χ4v) is 1.57. The van der Waals surface area contributed by atoms with Gasteiger partial charge < -0.3 is 14.7 Å². The standard InChI is InChI=1S/C5H6N6O4S/c1-16(15)9-3-2-8-4(7-9)6-5(12)10(8)11(13)14/h2-3H,1H3,(H,6,7,12). The van der Waals surface area contributed by atoms with Gasteiger partial charge in [-0.15, -0.1) is 9.40 Å². The summed E-state index contributed by atoms with van der Waals surface area (Å²) in [7, 11) is 0. The van der Waals surface area contributed by atoms with Crippen LogP contribution in [0, 0.1) is 10.1 Å². The molecule has 1 unspecified atom stereocenters. The molecule has 1 atom stereocenters. The van der Waals surface area contributed by atoms with E-state index in [2.05, 4.69) is 10.4 Å². The second kappa shape index (κ2) is 3.53. The Morgan fingerprint density at radius 3 is 2.81 bits per heavy atom. The molecule has 0 fully saturated rings. The van der Waals surface area contributed by atoms with Crippen LogP contribution in [-0.4, -0.2) is 34.7 Å². The number of nitro groups is 1. The third-order valence-corrected chi connectivity index (χ3v) is 2.55. The summed E-state index contributed by atoms with van der Waals surface area (Å²) < 4.78 is 13.2. The quantitative estimate of drug-likeness (QED) is 0.380. The molecule has 11 heteroatoms. The maximum atomic E-state index is 11.1. The van der Waals surface area contributed by atoms with Gasteiger partial charge in [-0.05, 0) is 0 Å². The lowest BCUT2D eigenvalue weighted by atomic mass is 10.8. The molecule has 1 N–H and O–H groups in total. The van der Waals surface area contributed by atoms with E-state index < -0.39 is 22.1 Å². The molecule has 1 aromatic heterocycles.